The maximum Gasteiger partial charge on any atom is 0.320 e. The summed E-state index contributed by atoms with van der Waals surface area (Å²) < 4.78 is 4.73. The van der Waals surface area contributed by atoms with Crippen molar-refractivity contribution in [1.82, 2.24) is 4.90 Å². The van der Waals surface area contributed by atoms with Gasteiger partial charge in [0.2, 0.25) is 5.91 Å². The first kappa shape index (κ1) is 17.2. The minimum atomic E-state index is -0.328. The highest BCUT2D eigenvalue weighted by Gasteiger charge is 2.28. The van der Waals surface area contributed by atoms with E-state index >= 15 is 0 Å². The largest absolute Gasteiger partial charge is 0.468 e. The van der Waals surface area contributed by atoms with Crippen molar-refractivity contribution in [3.05, 3.63) is 39.9 Å². The van der Waals surface area contributed by atoms with Crippen molar-refractivity contribution in [2.24, 2.45) is 0 Å². The Morgan fingerprint density at radius 2 is 2.18 bits per heavy atom. The van der Waals surface area contributed by atoms with Gasteiger partial charge in [0, 0.05) is 24.9 Å². The maximum atomic E-state index is 12.2. The predicted molar refractivity (Wildman–Crippen MR) is 90.3 cm³/mol. The predicted octanol–water partition coefficient (Wildman–Crippen LogP) is 3.12. The quantitative estimate of drug-likeness (QED) is 0.614. The van der Waals surface area contributed by atoms with Gasteiger partial charge in [-0.15, -0.1) is 11.8 Å². The Morgan fingerprint density at radius 1 is 1.41 bits per heavy atom. The molecule has 22 heavy (non-hydrogen) atoms. The lowest BCUT2D eigenvalue weighted by molar-refractivity contribution is -0.140. The summed E-state index contributed by atoms with van der Waals surface area (Å²) in [4.78, 5) is 25.4. The van der Waals surface area contributed by atoms with E-state index in [0.717, 1.165) is 0 Å². The first-order chi connectivity index (χ1) is 10.5. The van der Waals surface area contributed by atoms with E-state index in [2.05, 4.69) is 0 Å². The van der Waals surface area contributed by atoms with Crippen LogP contribution in [0.15, 0.2) is 24.3 Å². The molecule has 0 aromatic heterocycles. The van der Waals surface area contributed by atoms with E-state index in [1.165, 1.54) is 24.9 Å². The number of hydrogen-bond donors (Lipinski definition) is 0. The summed E-state index contributed by atoms with van der Waals surface area (Å²) in [5.41, 5.74) is 0.679. The third-order valence-electron chi connectivity index (χ3n) is 3.23. The third-order valence-corrected chi connectivity index (χ3v) is 5.22. The Hall–Kier alpha value is -1.17. The highest BCUT2D eigenvalue weighted by atomic mass is 35.5. The van der Waals surface area contributed by atoms with E-state index < -0.39 is 0 Å². The number of carbonyl (C=O) groups excluding carboxylic acids is 2. The summed E-state index contributed by atoms with van der Waals surface area (Å²) in [6.07, 6.45) is 3.08. The molecule has 0 bridgehead atoms. The molecule has 1 aromatic carbocycles. The summed E-state index contributed by atoms with van der Waals surface area (Å²) >= 11 is 13.5. The molecule has 1 atom stereocenters. The van der Waals surface area contributed by atoms with Crippen LogP contribution in [0.25, 0.3) is 6.08 Å². The number of nitrogens with zero attached hydrogens (tertiary/aromatic N) is 1. The van der Waals surface area contributed by atoms with Crippen LogP contribution in [0, 0.1) is 0 Å². The lowest BCUT2D eigenvalue weighted by Gasteiger charge is -2.30. The molecule has 0 N–H and O–H groups in total. The van der Waals surface area contributed by atoms with Crippen molar-refractivity contribution in [1.29, 1.82) is 0 Å². The van der Waals surface area contributed by atoms with Gasteiger partial charge in [0.15, 0.2) is 0 Å². The Bertz CT molecular complexity index is 606. The second-order valence-corrected chi connectivity index (χ2v) is 6.74. The molecule has 4 nitrogen and oxygen atoms in total. The monoisotopic (exact) mass is 359 g/mol. The van der Waals surface area contributed by atoms with Crippen LogP contribution >= 0.6 is 35.0 Å². The van der Waals surface area contributed by atoms with Crippen LogP contribution in [0.5, 0.6) is 0 Å². The number of thioether (sulfide) groups is 1. The van der Waals surface area contributed by atoms with Gasteiger partial charge in [-0.25, -0.2) is 0 Å². The molecule has 1 fully saturated rings. The summed E-state index contributed by atoms with van der Waals surface area (Å²) in [7, 11) is 1.35. The van der Waals surface area contributed by atoms with Gasteiger partial charge >= 0.3 is 5.97 Å². The first-order valence-corrected chi connectivity index (χ1v) is 8.44. The standard InChI is InChI=1S/C15H15Cl2NO3S/c1-21-15(20)12-9-18(7-8-22-12)13(19)6-5-10-3-2-4-11(16)14(10)17/h2-6,12H,7-9H2,1H3/b6-5+/t12-/m1/s1. The first-order valence-electron chi connectivity index (χ1n) is 6.63. The molecule has 1 aliphatic rings. The third kappa shape index (κ3) is 4.18. The zero-order chi connectivity index (χ0) is 16.1. The van der Waals surface area contributed by atoms with Crippen LogP contribution in [0.3, 0.4) is 0 Å². The minimum absolute atomic E-state index is 0.162. The fourth-order valence-electron chi connectivity index (χ4n) is 2.04. The van der Waals surface area contributed by atoms with Crippen LogP contribution in [0.2, 0.25) is 10.0 Å². The Labute approximate surface area is 143 Å². The van der Waals surface area contributed by atoms with Gasteiger partial charge in [0.25, 0.3) is 0 Å². The van der Waals surface area contributed by atoms with Gasteiger partial charge in [0.1, 0.15) is 5.25 Å². The van der Waals surface area contributed by atoms with E-state index in [1.807, 2.05) is 0 Å². The molecule has 1 aromatic rings. The number of esters is 1. The van der Waals surface area contributed by atoms with E-state index in [-0.39, 0.29) is 17.1 Å². The number of ether oxygens (including phenoxy) is 1. The number of benzene rings is 1. The lowest BCUT2D eigenvalue weighted by atomic mass is 10.2. The fourth-order valence-corrected chi connectivity index (χ4v) is 3.54. The highest BCUT2D eigenvalue weighted by Crippen LogP contribution is 2.26. The molecule has 1 saturated heterocycles. The zero-order valence-electron chi connectivity index (χ0n) is 11.9. The number of methoxy groups -OCH3 is 1. The normalized spacial score (nSPS) is 18.5. The molecule has 0 spiro atoms. The van der Waals surface area contributed by atoms with Crippen LogP contribution in [0.4, 0.5) is 0 Å². The molecule has 1 heterocycles. The van der Waals surface area contributed by atoms with E-state index in [9.17, 15) is 9.59 Å². The van der Waals surface area contributed by atoms with Gasteiger partial charge in [0.05, 0.1) is 17.2 Å². The number of rotatable bonds is 3. The van der Waals surface area contributed by atoms with Gasteiger partial charge in [-0.3, -0.25) is 9.59 Å². The van der Waals surface area contributed by atoms with Gasteiger partial charge in [-0.2, -0.15) is 0 Å². The topological polar surface area (TPSA) is 46.6 Å². The Balaban J connectivity index is 2.04. The summed E-state index contributed by atoms with van der Waals surface area (Å²) in [6, 6.07) is 5.23. The van der Waals surface area contributed by atoms with Gasteiger partial charge in [-0.05, 0) is 17.7 Å². The molecular formula is C15H15Cl2NO3S. The second kappa shape index (κ2) is 7.90. The average molecular weight is 360 g/mol. The molecule has 0 aliphatic carbocycles. The van der Waals surface area contributed by atoms with Crippen molar-refractivity contribution in [3.63, 3.8) is 0 Å². The highest BCUT2D eigenvalue weighted by molar-refractivity contribution is 8.00. The molecule has 2 rings (SSSR count). The van der Waals surface area contributed by atoms with Gasteiger partial charge < -0.3 is 9.64 Å². The summed E-state index contributed by atoms with van der Waals surface area (Å²) in [5, 5.41) is 0.525. The molecule has 1 amide bonds. The molecule has 7 heteroatoms. The van der Waals surface area contributed by atoms with E-state index in [4.69, 9.17) is 27.9 Å². The van der Waals surface area contributed by atoms with Crippen molar-refractivity contribution in [2.45, 2.75) is 5.25 Å². The Morgan fingerprint density at radius 3 is 2.91 bits per heavy atom. The second-order valence-electron chi connectivity index (χ2n) is 4.64. The SMILES string of the molecule is COC(=O)[C@H]1CN(C(=O)/C=C/c2cccc(Cl)c2Cl)CCS1. The minimum Gasteiger partial charge on any atom is -0.468 e. The number of amides is 1. The fraction of sp³-hybridized carbons (Fsp3) is 0.333. The lowest BCUT2D eigenvalue weighted by Crippen LogP contribution is -2.44. The van der Waals surface area contributed by atoms with E-state index in [0.29, 0.717) is 34.5 Å². The number of carbonyl (C=O) groups is 2. The van der Waals surface area contributed by atoms with Crippen LogP contribution in [0.1, 0.15) is 5.56 Å². The van der Waals surface area contributed by atoms with Crippen molar-refractivity contribution in [2.75, 3.05) is 26.0 Å². The molecule has 0 saturated carbocycles. The van der Waals surface area contributed by atoms with Gasteiger partial charge in [-0.1, -0.05) is 35.3 Å². The molecular weight excluding hydrogens is 345 g/mol. The number of halogens is 2. The molecule has 1 aliphatic heterocycles. The summed E-state index contributed by atoms with van der Waals surface area (Å²) in [6.45, 7) is 0.953. The van der Waals surface area contributed by atoms with Crippen molar-refractivity contribution < 1.29 is 14.3 Å². The molecule has 118 valence electrons. The average Bonchev–Trinajstić information content (AvgIpc) is 2.55. The molecule has 0 unspecified atom stereocenters. The van der Waals surface area contributed by atoms with Crippen LogP contribution in [-0.2, 0) is 14.3 Å². The Kier molecular flexibility index (Phi) is 6.17. The molecule has 0 radical (unpaired) electrons. The van der Waals surface area contributed by atoms with Crippen molar-refractivity contribution in [3.8, 4) is 0 Å². The number of hydrogen-bond acceptors (Lipinski definition) is 4. The van der Waals surface area contributed by atoms with Crippen LogP contribution < -0.4 is 0 Å². The maximum absolute atomic E-state index is 12.2. The zero-order valence-corrected chi connectivity index (χ0v) is 14.2. The van der Waals surface area contributed by atoms with E-state index in [1.54, 1.807) is 29.2 Å². The van der Waals surface area contributed by atoms with Crippen molar-refractivity contribution >= 4 is 52.9 Å². The smallest absolute Gasteiger partial charge is 0.320 e. The summed E-state index contributed by atoms with van der Waals surface area (Å²) in [5.74, 6) is 0.242. The van der Waals surface area contributed by atoms with Crippen LogP contribution in [-0.4, -0.2) is 48.0 Å².